The van der Waals surface area contributed by atoms with Crippen LogP contribution in [0.1, 0.15) is 24.3 Å². The highest BCUT2D eigenvalue weighted by molar-refractivity contribution is 7.18. The molecule has 2 aromatic rings. The molecule has 0 aliphatic carbocycles. The Morgan fingerprint density at radius 1 is 1.17 bits per heavy atom. The molecule has 0 amide bonds. The largest absolute Gasteiger partial charge is 0.368 e. The summed E-state index contributed by atoms with van der Waals surface area (Å²) in [6.07, 6.45) is 1.67. The van der Waals surface area contributed by atoms with Gasteiger partial charge in [-0.15, -0.1) is 11.3 Å². The molecule has 126 valence electrons. The van der Waals surface area contributed by atoms with Crippen LogP contribution >= 0.6 is 11.3 Å². The molecule has 0 radical (unpaired) electrons. The van der Waals surface area contributed by atoms with Crippen molar-refractivity contribution in [1.29, 1.82) is 0 Å². The topological polar surface area (TPSA) is 44.3 Å². The van der Waals surface area contributed by atoms with Gasteiger partial charge < -0.3 is 10.2 Å². The fraction of sp³-hybridized carbons (Fsp3) is 0.647. The molecule has 6 heteroatoms. The molecule has 0 unspecified atom stereocenters. The lowest BCUT2D eigenvalue weighted by Gasteiger charge is -2.43. The normalized spacial score (nSPS) is 17.8. The molecule has 0 saturated carbocycles. The van der Waals surface area contributed by atoms with Gasteiger partial charge in [-0.25, -0.2) is 9.97 Å². The van der Waals surface area contributed by atoms with Crippen molar-refractivity contribution < 1.29 is 0 Å². The molecule has 2 aromatic heterocycles. The van der Waals surface area contributed by atoms with Crippen molar-refractivity contribution in [3.8, 4) is 0 Å². The van der Waals surface area contributed by atoms with Gasteiger partial charge in [0.25, 0.3) is 0 Å². The van der Waals surface area contributed by atoms with Crippen molar-refractivity contribution >= 4 is 27.4 Å². The van der Waals surface area contributed by atoms with Crippen LogP contribution in [0.5, 0.6) is 0 Å². The van der Waals surface area contributed by atoms with Crippen LogP contribution in [0.15, 0.2) is 6.33 Å². The summed E-state index contributed by atoms with van der Waals surface area (Å²) in [6, 6.07) is 0. The van der Waals surface area contributed by atoms with Gasteiger partial charge in [-0.05, 0) is 40.3 Å². The van der Waals surface area contributed by atoms with Gasteiger partial charge in [0.2, 0.25) is 0 Å². The number of nitrogens with zero attached hydrogens (tertiary/aromatic N) is 4. The van der Waals surface area contributed by atoms with E-state index in [9.17, 15) is 0 Å². The van der Waals surface area contributed by atoms with E-state index in [0.29, 0.717) is 0 Å². The first-order valence-corrected chi connectivity index (χ1v) is 9.08. The summed E-state index contributed by atoms with van der Waals surface area (Å²) >= 11 is 1.75. The predicted octanol–water partition coefficient (Wildman–Crippen LogP) is 2.75. The number of thiophene rings is 1. The van der Waals surface area contributed by atoms with Gasteiger partial charge in [0.1, 0.15) is 17.0 Å². The number of hydrogen-bond acceptors (Lipinski definition) is 6. The van der Waals surface area contributed by atoms with Crippen LogP contribution in [0.4, 0.5) is 5.82 Å². The van der Waals surface area contributed by atoms with Crippen molar-refractivity contribution in [3.05, 3.63) is 16.8 Å². The fourth-order valence-electron chi connectivity index (χ4n) is 3.14. The van der Waals surface area contributed by atoms with Crippen molar-refractivity contribution in [2.24, 2.45) is 0 Å². The smallest absolute Gasteiger partial charge is 0.138 e. The first kappa shape index (κ1) is 16.6. The molecule has 1 saturated heterocycles. The minimum Gasteiger partial charge on any atom is -0.368 e. The molecular formula is C17H27N5S. The van der Waals surface area contributed by atoms with E-state index in [1.807, 2.05) is 0 Å². The highest BCUT2D eigenvalue weighted by Crippen LogP contribution is 2.32. The van der Waals surface area contributed by atoms with E-state index in [0.717, 1.165) is 43.4 Å². The second-order valence-electron chi connectivity index (χ2n) is 7.14. The third-order valence-electron chi connectivity index (χ3n) is 5.01. The fourth-order valence-corrected chi connectivity index (χ4v) is 4.14. The van der Waals surface area contributed by atoms with Gasteiger partial charge in [-0.1, -0.05) is 0 Å². The lowest BCUT2D eigenvalue weighted by Crippen LogP contribution is -2.56. The van der Waals surface area contributed by atoms with Crippen molar-refractivity contribution in [3.63, 3.8) is 0 Å². The van der Waals surface area contributed by atoms with Gasteiger partial charge in [-0.2, -0.15) is 0 Å². The molecule has 0 bridgehead atoms. The molecule has 0 aromatic carbocycles. The zero-order valence-corrected chi connectivity index (χ0v) is 15.6. The highest BCUT2D eigenvalue weighted by Gasteiger charge is 2.29. The molecular weight excluding hydrogens is 306 g/mol. The lowest BCUT2D eigenvalue weighted by molar-refractivity contribution is 0.0699. The van der Waals surface area contributed by atoms with Gasteiger partial charge in [0.15, 0.2) is 0 Å². The Kier molecular flexibility index (Phi) is 4.58. The molecule has 1 aliphatic rings. The van der Waals surface area contributed by atoms with Crippen LogP contribution in [0.3, 0.4) is 0 Å². The Morgan fingerprint density at radius 3 is 2.57 bits per heavy atom. The Bertz CT molecular complexity index is 686. The van der Waals surface area contributed by atoms with Crippen LogP contribution in [-0.4, -0.2) is 65.1 Å². The summed E-state index contributed by atoms with van der Waals surface area (Å²) in [4.78, 5) is 16.3. The van der Waals surface area contributed by atoms with Crippen LogP contribution in [0.25, 0.3) is 10.2 Å². The summed E-state index contributed by atoms with van der Waals surface area (Å²) in [5.41, 5.74) is 1.41. The number of likely N-dealkylation sites (N-methyl/N-ethyl adjacent to an activating group) is 1. The Hall–Kier alpha value is -1.24. The zero-order chi connectivity index (χ0) is 16.6. The molecule has 3 heterocycles. The van der Waals surface area contributed by atoms with Crippen LogP contribution < -0.4 is 5.32 Å². The van der Waals surface area contributed by atoms with Crippen LogP contribution in [0.2, 0.25) is 0 Å². The van der Waals surface area contributed by atoms with Gasteiger partial charge >= 0.3 is 0 Å². The number of rotatable bonds is 4. The molecule has 23 heavy (non-hydrogen) atoms. The maximum absolute atomic E-state index is 4.50. The van der Waals surface area contributed by atoms with Gasteiger partial charge in [0, 0.05) is 43.1 Å². The summed E-state index contributed by atoms with van der Waals surface area (Å²) in [6.45, 7) is 14.4. The van der Waals surface area contributed by atoms with E-state index in [1.54, 1.807) is 17.7 Å². The minimum atomic E-state index is 0.109. The number of anilines is 1. The SMILES string of the molecule is Cc1sc2ncnc(NCC(C)(C)N3CCN(C)CC3)c2c1C. The number of aryl methyl sites for hydroxylation is 2. The molecule has 1 N–H and O–H groups in total. The monoisotopic (exact) mass is 333 g/mol. The van der Waals surface area contributed by atoms with E-state index >= 15 is 0 Å². The summed E-state index contributed by atoms with van der Waals surface area (Å²) in [5, 5.41) is 4.78. The average Bonchev–Trinajstić information content (AvgIpc) is 2.81. The standard InChI is InChI=1S/C17H27N5S/c1-12-13(2)23-16-14(12)15(19-11-20-16)18-10-17(3,4)22-8-6-21(5)7-9-22/h11H,6-10H2,1-5H3,(H,18,19,20). The highest BCUT2D eigenvalue weighted by atomic mass is 32.1. The zero-order valence-electron chi connectivity index (χ0n) is 14.8. The third-order valence-corrected chi connectivity index (χ3v) is 6.13. The number of fused-ring (bicyclic) bond motifs is 1. The summed E-state index contributed by atoms with van der Waals surface area (Å²) < 4.78 is 0. The van der Waals surface area contributed by atoms with Crippen molar-refractivity contribution in [1.82, 2.24) is 19.8 Å². The first-order chi connectivity index (χ1) is 10.9. The molecule has 1 aliphatic heterocycles. The second-order valence-corrected chi connectivity index (χ2v) is 8.35. The molecule has 3 rings (SSSR count). The molecule has 0 atom stereocenters. The van der Waals surface area contributed by atoms with Crippen LogP contribution in [0, 0.1) is 13.8 Å². The Balaban J connectivity index is 1.75. The van der Waals surface area contributed by atoms with Crippen molar-refractivity contribution in [2.75, 3.05) is 45.1 Å². The van der Waals surface area contributed by atoms with E-state index in [-0.39, 0.29) is 5.54 Å². The van der Waals surface area contributed by atoms with Crippen LogP contribution in [-0.2, 0) is 0 Å². The number of hydrogen-bond donors (Lipinski definition) is 1. The second kappa shape index (κ2) is 6.34. The van der Waals surface area contributed by atoms with E-state index in [4.69, 9.17) is 0 Å². The molecule has 5 nitrogen and oxygen atoms in total. The van der Waals surface area contributed by atoms with Gasteiger partial charge in [0.05, 0.1) is 5.39 Å². The van der Waals surface area contributed by atoms with E-state index in [2.05, 4.69) is 59.8 Å². The molecule has 1 fully saturated rings. The quantitative estimate of drug-likeness (QED) is 0.932. The minimum absolute atomic E-state index is 0.109. The Labute approximate surface area is 142 Å². The van der Waals surface area contributed by atoms with E-state index < -0.39 is 0 Å². The van der Waals surface area contributed by atoms with Crippen molar-refractivity contribution in [2.45, 2.75) is 33.2 Å². The summed E-state index contributed by atoms with van der Waals surface area (Å²) in [7, 11) is 2.20. The number of aromatic nitrogens is 2. The lowest BCUT2D eigenvalue weighted by atomic mass is 10.0. The maximum atomic E-state index is 4.50. The first-order valence-electron chi connectivity index (χ1n) is 8.26. The number of nitrogens with one attached hydrogen (secondary N) is 1. The average molecular weight is 334 g/mol. The predicted molar refractivity (Wildman–Crippen MR) is 98.5 cm³/mol. The maximum Gasteiger partial charge on any atom is 0.138 e. The number of piperazine rings is 1. The Morgan fingerprint density at radius 2 is 1.87 bits per heavy atom. The summed E-state index contributed by atoms with van der Waals surface area (Å²) in [5.74, 6) is 0.971. The van der Waals surface area contributed by atoms with E-state index in [1.165, 1.54) is 15.8 Å². The molecule has 0 spiro atoms. The third kappa shape index (κ3) is 3.34. The van der Waals surface area contributed by atoms with Gasteiger partial charge in [-0.3, -0.25) is 4.90 Å².